The lowest BCUT2D eigenvalue weighted by Gasteiger charge is -2.08. The Labute approximate surface area is 203 Å². The Kier molecular flexibility index (Phi) is 5.96. The van der Waals surface area contributed by atoms with Crippen molar-refractivity contribution >= 4 is 46.1 Å². The van der Waals surface area contributed by atoms with Gasteiger partial charge in [0.15, 0.2) is 5.13 Å². The number of pyridine rings is 1. The Morgan fingerprint density at radius 3 is 2.97 bits per heavy atom. The maximum absolute atomic E-state index is 13.4. The molecule has 0 spiro atoms. The van der Waals surface area contributed by atoms with Gasteiger partial charge in [0.1, 0.15) is 17.5 Å². The zero-order valence-electron chi connectivity index (χ0n) is 17.7. The van der Waals surface area contributed by atoms with Crippen molar-refractivity contribution in [3.8, 4) is 6.07 Å². The van der Waals surface area contributed by atoms with Crippen molar-refractivity contribution in [1.29, 1.82) is 5.26 Å². The van der Waals surface area contributed by atoms with Crippen LogP contribution in [-0.4, -0.2) is 30.0 Å². The molecular weight excluding hydrogens is 477 g/mol. The van der Waals surface area contributed by atoms with Crippen molar-refractivity contribution in [3.63, 3.8) is 0 Å². The number of amides is 1. The van der Waals surface area contributed by atoms with E-state index in [4.69, 9.17) is 11.6 Å². The summed E-state index contributed by atoms with van der Waals surface area (Å²) < 4.78 is 17.0. The molecule has 1 N–H and O–H groups in total. The van der Waals surface area contributed by atoms with E-state index in [9.17, 15) is 14.4 Å². The third-order valence-electron chi connectivity index (χ3n) is 5.26. The van der Waals surface area contributed by atoms with E-state index in [0.717, 1.165) is 12.8 Å². The Morgan fingerprint density at radius 1 is 1.35 bits per heavy atom. The van der Waals surface area contributed by atoms with Crippen molar-refractivity contribution in [2.75, 3.05) is 5.32 Å². The fourth-order valence-electron chi connectivity index (χ4n) is 3.52. The number of anilines is 1. The van der Waals surface area contributed by atoms with Gasteiger partial charge in [0.05, 0.1) is 22.7 Å². The molecule has 0 unspecified atom stereocenters. The topological polar surface area (TPSA) is 101 Å². The number of nitrogens with zero attached hydrogens (tertiary/aromatic N) is 6. The summed E-state index contributed by atoms with van der Waals surface area (Å²) in [5, 5.41) is 14.8. The van der Waals surface area contributed by atoms with Crippen LogP contribution in [0.25, 0.3) is 12.2 Å². The SMILES string of the molecule is N#Cc1c(/C=C/c2csc(NC(=O)c3cc(Cl)cn3Cc3ccnc(F)c3)n2)ncn1C1CC1. The quantitative estimate of drug-likeness (QED) is 0.365. The first-order valence-corrected chi connectivity index (χ1v) is 11.6. The van der Waals surface area contributed by atoms with E-state index in [0.29, 0.717) is 44.5 Å². The molecule has 0 radical (unpaired) electrons. The lowest BCUT2D eigenvalue weighted by molar-refractivity contribution is 0.101. The molecule has 1 aliphatic carbocycles. The minimum Gasteiger partial charge on any atom is -0.338 e. The predicted molar refractivity (Wildman–Crippen MR) is 127 cm³/mol. The van der Waals surface area contributed by atoms with Crippen LogP contribution in [0.2, 0.25) is 5.02 Å². The Bertz CT molecular complexity index is 1440. The second-order valence-corrected chi connectivity index (χ2v) is 9.05. The van der Waals surface area contributed by atoms with E-state index < -0.39 is 5.95 Å². The maximum atomic E-state index is 13.4. The molecule has 1 aliphatic rings. The van der Waals surface area contributed by atoms with E-state index in [1.807, 2.05) is 4.57 Å². The summed E-state index contributed by atoms with van der Waals surface area (Å²) in [7, 11) is 0. The van der Waals surface area contributed by atoms with Crippen molar-refractivity contribution < 1.29 is 9.18 Å². The Balaban J connectivity index is 1.29. The Morgan fingerprint density at radius 2 is 2.21 bits per heavy atom. The van der Waals surface area contributed by atoms with Gasteiger partial charge < -0.3 is 9.13 Å². The first-order chi connectivity index (χ1) is 16.5. The monoisotopic (exact) mass is 493 g/mol. The molecular formula is C23H17ClFN7OS. The summed E-state index contributed by atoms with van der Waals surface area (Å²) in [6, 6.07) is 7.11. The zero-order chi connectivity index (χ0) is 23.7. The number of hydrogen-bond donors (Lipinski definition) is 1. The van der Waals surface area contributed by atoms with Crippen molar-refractivity contribution in [2.24, 2.45) is 0 Å². The number of hydrogen-bond acceptors (Lipinski definition) is 6. The number of aromatic nitrogens is 5. The number of nitriles is 1. The molecule has 4 heterocycles. The fourth-order valence-corrected chi connectivity index (χ4v) is 4.42. The van der Waals surface area contributed by atoms with Crippen LogP contribution in [-0.2, 0) is 6.54 Å². The normalized spacial score (nSPS) is 13.3. The van der Waals surface area contributed by atoms with Crippen LogP contribution in [0, 0.1) is 17.3 Å². The lowest BCUT2D eigenvalue weighted by atomic mass is 10.2. The molecule has 0 saturated heterocycles. The van der Waals surface area contributed by atoms with E-state index in [-0.39, 0.29) is 12.5 Å². The van der Waals surface area contributed by atoms with Crippen LogP contribution in [0.15, 0.2) is 42.3 Å². The van der Waals surface area contributed by atoms with Gasteiger partial charge in [-0.25, -0.2) is 15.0 Å². The highest BCUT2D eigenvalue weighted by molar-refractivity contribution is 7.14. The molecule has 4 aromatic rings. The fraction of sp³-hybridized carbons (Fsp3) is 0.174. The van der Waals surface area contributed by atoms with Crippen LogP contribution < -0.4 is 5.32 Å². The molecule has 4 aromatic heterocycles. The number of rotatable bonds is 7. The molecule has 8 nitrogen and oxygen atoms in total. The minimum absolute atomic E-state index is 0.259. The highest BCUT2D eigenvalue weighted by atomic mass is 35.5. The highest BCUT2D eigenvalue weighted by Crippen LogP contribution is 2.36. The number of nitrogens with one attached hydrogen (secondary N) is 1. The minimum atomic E-state index is -0.591. The molecule has 0 atom stereocenters. The Hall–Kier alpha value is -3.81. The number of thiazole rings is 1. The second-order valence-electron chi connectivity index (χ2n) is 7.75. The molecule has 0 aromatic carbocycles. The molecule has 11 heteroatoms. The van der Waals surface area contributed by atoms with Crippen LogP contribution >= 0.6 is 22.9 Å². The highest BCUT2D eigenvalue weighted by Gasteiger charge is 2.26. The molecule has 0 bridgehead atoms. The summed E-state index contributed by atoms with van der Waals surface area (Å²) >= 11 is 7.39. The van der Waals surface area contributed by atoms with Gasteiger partial charge in [0.2, 0.25) is 5.95 Å². The molecule has 1 fully saturated rings. The molecule has 34 heavy (non-hydrogen) atoms. The molecule has 1 saturated carbocycles. The summed E-state index contributed by atoms with van der Waals surface area (Å²) in [4.78, 5) is 25.2. The maximum Gasteiger partial charge on any atom is 0.274 e. The van der Waals surface area contributed by atoms with E-state index in [2.05, 4.69) is 26.3 Å². The standard InChI is InChI=1S/C23H17ClFN7OS/c24-15-8-19(31(11-15)10-14-5-6-27-21(25)7-14)22(33)30-23-29-16(12-34-23)1-4-18-20(9-26)32(13-28-18)17-2-3-17/h1,4-8,11-13,17H,2-3,10H2,(H,29,30,33)/b4-1+. The van der Waals surface area contributed by atoms with Gasteiger partial charge in [-0.15, -0.1) is 11.3 Å². The number of carbonyl (C=O) groups excluding carboxylic acids is 1. The van der Waals surface area contributed by atoms with Crippen LogP contribution in [0.1, 0.15) is 52.0 Å². The van der Waals surface area contributed by atoms with Crippen molar-refractivity contribution in [3.05, 3.63) is 81.6 Å². The van der Waals surface area contributed by atoms with Gasteiger partial charge in [0, 0.05) is 30.4 Å². The first kappa shape index (κ1) is 22.0. The van der Waals surface area contributed by atoms with E-state index in [1.54, 1.807) is 46.8 Å². The molecule has 1 amide bonds. The van der Waals surface area contributed by atoms with Crippen LogP contribution in [0.4, 0.5) is 9.52 Å². The number of imidazole rings is 1. The van der Waals surface area contributed by atoms with Crippen LogP contribution in [0.5, 0.6) is 0 Å². The smallest absolute Gasteiger partial charge is 0.274 e. The largest absolute Gasteiger partial charge is 0.338 e. The van der Waals surface area contributed by atoms with Crippen molar-refractivity contribution in [2.45, 2.75) is 25.4 Å². The van der Waals surface area contributed by atoms with Gasteiger partial charge >= 0.3 is 0 Å². The molecule has 0 aliphatic heterocycles. The molecule has 5 rings (SSSR count). The summed E-state index contributed by atoms with van der Waals surface area (Å²) in [5.41, 5.74) is 2.73. The third-order valence-corrected chi connectivity index (χ3v) is 6.24. The van der Waals surface area contributed by atoms with Gasteiger partial charge in [-0.2, -0.15) is 9.65 Å². The first-order valence-electron chi connectivity index (χ1n) is 10.4. The van der Waals surface area contributed by atoms with E-state index >= 15 is 0 Å². The van der Waals surface area contributed by atoms with E-state index in [1.165, 1.54) is 23.6 Å². The predicted octanol–water partition coefficient (Wildman–Crippen LogP) is 5.01. The van der Waals surface area contributed by atoms with Gasteiger partial charge in [-0.1, -0.05) is 11.6 Å². The summed E-state index contributed by atoms with van der Waals surface area (Å²) in [5.74, 6) is -0.979. The summed E-state index contributed by atoms with van der Waals surface area (Å²) in [6.45, 7) is 0.259. The zero-order valence-corrected chi connectivity index (χ0v) is 19.2. The molecule has 170 valence electrons. The average molecular weight is 494 g/mol. The van der Waals surface area contributed by atoms with Gasteiger partial charge in [-0.3, -0.25) is 10.1 Å². The number of halogens is 2. The summed E-state index contributed by atoms with van der Waals surface area (Å²) in [6.07, 6.45) is 10.3. The van der Waals surface area contributed by atoms with Gasteiger partial charge in [-0.05, 0) is 48.8 Å². The third kappa shape index (κ3) is 4.76. The van der Waals surface area contributed by atoms with Crippen LogP contribution in [0.3, 0.4) is 0 Å². The number of carbonyl (C=O) groups is 1. The van der Waals surface area contributed by atoms with Crippen molar-refractivity contribution in [1.82, 2.24) is 24.1 Å². The lowest BCUT2D eigenvalue weighted by Crippen LogP contribution is -2.17. The average Bonchev–Trinajstić information content (AvgIpc) is 3.24. The van der Waals surface area contributed by atoms with Gasteiger partial charge in [0.25, 0.3) is 5.91 Å². The second kappa shape index (κ2) is 9.21.